The molecule has 1 unspecified atom stereocenters. The van der Waals surface area contributed by atoms with Gasteiger partial charge in [0.1, 0.15) is 0 Å². The van der Waals surface area contributed by atoms with Crippen LogP contribution in [0.25, 0.3) is 11.3 Å². The van der Waals surface area contributed by atoms with Gasteiger partial charge in [-0.2, -0.15) is 0 Å². The highest BCUT2D eigenvalue weighted by Gasteiger charge is 2.24. The number of rotatable bonds is 4. The van der Waals surface area contributed by atoms with E-state index in [4.69, 9.17) is 4.74 Å². The number of aromatic nitrogens is 1. The number of thiazole rings is 1. The van der Waals surface area contributed by atoms with Crippen molar-refractivity contribution in [1.29, 1.82) is 0 Å². The fourth-order valence-electron chi connectivity index (χ4n) is 3.12. The Morgan fingerprint density at radius 2 is 2.39 bits per heavy atom. The number of carbonyl (C=O) groups is 1. The molecule has 23 heavy (non-hydrogen) atoms. The second-order valence-electron chi connectivity index (χ2n) is 6.03. The summed E-state index contributed by atoms with van der Waals surface area (Å²) in [6, 6.07) is 6.12. The number of likely N-dealkylation sites (N-methyl/N-ethyl adjacent to an activating group) is 1. The number of hydrogen-bond acceptors (Lipinski definition) is 5. The Labute approximate surface area is 139 Å². The van der Waals surface area contributed by atoms with E-state index in [-0.39, 0.29) is 5.91 Å². The summed E-state index contributed by atoms with van der Waals surface area (Å²) >= 11 is 1.61. The van der Waals surface area contributed by atoms with Crippen molar-refractivity contribution in [3.8, 4) is 11.3 Å². The van der Waals surface area contributed by atoms with E-state index >= 15 is 0 Å². The molecular formula is C17H19N3O2S. The van der Waals surface area contributed by atoms with E-state index < -0.39 is 0 Å². The number of hydrogen-bond donors (Lipinski definition) is 1. The third-order valence-electron chi connectivity index (χ3n) is 4.46. The van der Waals surface area contributed by atoms with Crippen molar-refractivity contribution in [3.63, 3.8) is 0 Å². The number of anilines is 2. The van der Waals surface area contributed by atoms with Crippen LogP contribution in [0.2, 0.25) is 0 Å². The van der Waals surface area contributed by atoms with Crippen LogP contribution in [0.1, 0.15) is 18.4 Å². The van der Waals surface area contributed by atoms with Crippen molar-refractivity contribution < 1.29 is 9.53 Å². The molecule has 0 spiro atoms. The lowest BCUT2D eigenvalue weighted by Gasteiger charge is -2.10. The predicted octanol–water partition coefficient (Wildman–Crippen LogP) is 2.92. The minimum atomic E-state index is 0.148. The summed E-state index contributed by atoms with van der Waals surface area (Å²) in [7, 11) is 1.82. The highest BCUT2D eigenvalue weighted by Crippen LogP contribution is 2.33. The van der Waals surface area contributed by atoms with Crippen LogP contribution in [0.15, 0.2) is 23.6 Å². The zero-order chi connectivity index (χ0) is 15.8. The molecule has 1 aromatic heterocycles. The van der Waals surface area contributed by atoms with E-state index in [0.29, 0.717) is 12.5 Å². The van der Waals surface area contributed by atoms with E-state index in [1.165, 1.54) is 0 Å². The van der Waals surface area contributed by atoms with Crippen LogP contribution in [0.3, 0.4) is 0 Å². The molecule has 0 radical (unpaired) electrons. The van der Waals surface area contributed by atoms with Gasteiger partial charge in [0.15, 0.2) is 5.13 Å². The highest BCUT2D eigenvalue weighted by atomic mass is 32.1. The van der Waals surface area contributed by atoms with Crippen LogP contribution < -0.4 is 10.2 Å². The minimum Gasteiger partial charge on any atom is -0.376 e. The normalized spacial score (nSPS) is 20.1. The van der Waals surface area contributed by atoms with Crippen molar-refractivity contribution in [2.45, 2.75) is 25.4 Å². The number of amides is 1. The van der Waals surface area contributed by atoms with Crippen LogP contribution in [-0.4, -0.2) is 37.2 Å². The average molecular weight is 329 g/mol. The van der Waals surface area contributed by atoms with E-state index in [1.807, 2.05) is 19.2 Å². The first-order valence-corrected chi connectivity index (χ1v) is 8.79. The van der Waals surface area contributed by atoms with Crippen LogP contribution in [0.4, 0.5) is 10.8 Å². The van der Waals surface area contributed by atoms with Gasteiger partial charge in [0.25, 0.3) is 0 Å². The maximum atomic E-state index is 11.8. The van der Waals surface area contributed by atoms with Crippen molar-refractivity contribution >= 4 is 28.1 Å². The monoisotopic (exact) mass is 329 g/mol. The molecule has 4 rings (SSSR count). The second-order valence-corrected chi connectivity index (χ2v) is 6.88. The second kappa shape index (κ2) is 5.94. The number of nitrogens with zero attached hydrogens (tertiary/aromatic N) is 2. The lowest BCUT2D eigenvalue weighted by molar-refractivity contribution is -0.117. The van der Waals surface area contributed by atoms with Crippen molar-refractivity contribution in [2.75, 3.05) is 30.4 Å². The van der Waals surface area contributed by atoms with Gasteiger partial charge in [-0.15, -0.1) is 11.3 Å². The molecule has 3 heterocycles. The standard InChI is InChI=1S/C17H19N3O2S/c1-20-15-5-4-11(7-12(15)8-16(20)21)14-10-23-17(19-14)18-9-13-3-2-6-22-13/h4-5,7,10,13H,2-3,6,8-9H2,1H3,(H,18,19). The van der Waals surface area contributed by atoms with E-state index in [9.17, 15) is 4.79 Å². The van der Waals surface area contributed by atoms with E-state index in [0.717, 1.165) is 53.6 Å². The number of benzene rings is 1. The summed E-state index contributed by atoms with van der Waals surface area (Å²) < 4.78 is 5.61. The zero-order valence-electron chi connectivity index (χ0n) is 13.0. The maximum absolute atomic E-state index is 11.8. The van der Waals surface area contributed by atoms with Crippen LogP contribution >= 0.6 is 11.3 Å². The number of fused-ring (bicyclic) bond motifs is 1. The van der Waals surface area contributed by atoms with E-state index in [1.54, 1.807) is 16.2 Å². The summed E-state index contributed by atoms with van der Waals surface area (Å²) in [5.41, 5.74) is 4.10. The Kier molecular flexibility index (Phi) is 3.79. The predicted molar refractivity (Wildman–Crippen MR) is 92.1 cm³/mol. The van der Waals surface area contributed by atoms with Gasteiger partial charge in [0, 0.05) is 36.8 Å². The van der Waals surface area contributed by atoms with Crippen LogP contribution in [0, 0.1) is 0 Å². The van der Waals surface area contributed by atoms with Gasteiger partial charge in [-0.25, -0.2) is 4.98 Å². The maximum Gasteiger partial charge on any atom is 0.231 e. The molecule has 1 saturated heterocycles. The largest absolute Gasteiger partial charge is 0.376 e. The first kappa shape index (κ1) is 14.7. The number of ether oxygens (including phenoxy) is 1. The number of carbonyl (C=O) groups excluding carboxylic acids is 1. The first-order valence-electron chi connectivity index (χ1n) is 7.91. The molecule has 120 valence electrons. The topological polar surface area (TPSA) is 54.5 Å². The Hall–Kier alpha value is -1.92. The lowest BCUT2D eigenvalue weighted by atomic mass is 10.1. The van der Waals surface area contributed by atoms with Gasteiger partial charge in [-0.3, -0.25) is 4.79 Å². The third kappa shape index (κ3) is 2.84. The Bertz CT molecular complexity index is 737. The molecule has 1 atom stereocenters. The summed E-state index contributed by atoms with van der Waals surface area (Å²) in [4.78, 5) is 18.2. The van der Waals surface area contributed by atoms with Crippen molar-refractivity contribution in [3.05, 3.63) is 29.1 Å². The van der Waals surface area contributed by atoms with Gasteiger partial charge in [0.05, 0.1) is 18.2 Å². The SMILES string of the molecule is CN1C(=O)Cc2cc(-c3csc(NCC4CCCO4)n3)ccc21. The van der Waals surface area contributed by atoms with Gasteiger partial charge in [0.2, 0.25) is 5.91 Å². The van der Waals surface area contributed by atoms with Gasteiger partial charge in [-0.05, 0) is 30.5 Å². The van der Waals surface area contributed by atoms with Crippen LogP contribution in [0.5, 0.6) is 0 Å². The number of nitrogens with one attached hydrogen (secondary N) is 1. The summed E-state index contributed by atoms with van der Waals surface area (Å²) in [5.74, 6) is 0.148. The Morgan fingerprint density at radius 3 is 3.22 bits per heavy atom. The van der Waals surface area contributed by atoms with Gasteiger partial charge < -0.3 is 15.0 Å². The lowest BCUT2D eigenvalue weighted by Crippen LogP contribution is -2.20. The fourth-order valence-corrected chi connectivity index (χ4v) is 3.85. The molecule has 2 aromatic rings. The third-order valence-corrected chi connectivity index (χ3v) is 5.26. The molecule has 6 heteroatoms. The molecule has 0 aliphatic carbocycles. The molecule has 1 amide bonds. The molecule has 2 aliphatic heterocycles. The van der Waals surface area contributed by atoms with Gasteiger partial charge >= 0.3 is 0 Å². The fraction of sp³-hybridized carbons (Fsp3) is 0.412. The highest BCUT2D eigenvalue weighted by molar-refractivity contribution is 7.14. The summed E-state index contributed by atoms with van der Waals surface area (Å²) in [6.07, 6.45) is 3.06. The average Bonchev–Trinajstić information content (AvgIpc) is 3.27. The van der Waals surface area contributed by atoms with Gasteiger partial charge in [-0.1, -0.05) is 6.07 Å². The molecule has 2 aliphatic rings. The molecule has 1 aromatic carbocycles. The molecule has 1 N–H and O–H groups in total. The molecule has 5 nitrogen and oxygen atoms in total. The van der Waals surface area contributed by atoms with E-state index in [2.05, 4.69) is 21.7 Å². The van der Waals surface area contributed by atoms with Crippen LogP contribution in [-0.2, 0) is 16.0 Å². The Morgan fingerprint density at radius 1 is 1.48 bits per heavy atom. The van der Waals surface area contributed by atoms with Crippen molar-refractivity contribution in [1.82, 2.24) is 4.98 Å². The van der Waals surface area contributed by atoms with Crippen molar-refractivity contribution in [2.24, 2.45) is 0 Å². The summed E-state index contributed by atoms with van der Waals surface area (Å²) in [6.45, 7) is 1.69. The quantitative estimate of drug-likeness (QED) is 0.937. The molecular weight excluding hydrogens is 310 g/mol. The first-order chi connectivity index (χ1) is 11.2. The molecule has 1 fully saturated rings. The minimum absolute atomic E-state index is 0.148. The summed E-state index contributed by atoms with van der Waals surface area (Å²) in [5, 5.41) is 6.34. The molecule has 0 saturated carbocycles. The zero-order valence-corrected chi connectivity index (χ0v) is 13.9. The molecule has 0 bridgehead atoms. The smallest absolute Gasteiger partial charge is 0.231 e. The Balaban J connectivity index is 1.48.